The van der Waals surface area contributed by atoms with Crippen molar-refractivity contribution in [3.05, 3.63) is 24.3 Å². The second kappa shape index (κ2) is 5.36. The zero-order valence-corrected chi connectivity index (χ0v) is 11.1. The first kappa shape index (κ1) is 14.5. The third-order valence-electron chi connectivity index (χ3n) is 2.42. The van der Waals surface area contributed by atoms with Gasteiger partial charge in [0.05, 0.1) is 4.90 Å². The maximum Gasteiger partial charge on any atom is 0.241 e. The highest BCUT2D eigenvalue weighted by atomic mass is 32.2. The van der Waals surface area contributed by atoms with Gasteiger partial charge in [-0.3, -0.25) is 4.79 Å². The molecule has 1 amide bonds. The number of nitrogens with one attached hydrogen (secondary N) is 1. The maximum atomic E-state index is 12.0. The molecule has 0 aliphatic heterocycles. The summed E-state index contributed by atoms with van der Waals surface area (Å²) in [5, 5.41) is 0. The molecule has 1 aromatic rings. The molecule has 0 aliphatic carbocycles. The van der Waals surface area contributed by atoms with Gasteiger partial charge in [-0.2, -0.15) is 4.72 Å². The highest BCUT2D eigenvalue weighted by molar-refractivity contribution is 7.89. The number of carbonyl (C=O) groups excluding carboxylic acids is 1. The smallest absolute Gasteiger partial charge is 0.241 e. The highest BCUT2D eigenvalue weighted by Crippen LogP contribution is 2.14. The standard InChI is InChI=1S/C11H17N3O3S/c1-7(2)10(11(13)15)14-18(16,17)9-5-3-4-8(12)6-9/h3-7,10,14H,12H2,1-2H3,(H2,13,15). The molecule has 1 atom stereocenters. The lowest BCUT2D eigenvalue weighted by molar-refractivity contribution is -0.120. The van der Waals surface area contributed by atoms with Crippen LogP contribution in [0, 0.1) is 5.92 Å². The summed E-state index contributed by atoms with van der Waals surface area (Å²) in [6.07, 6.45) is 0. The number of rotatable bonds is 5. The van der Waals surface area contributed by atoms with Crippen LogP contribution in [0.4, 0.5) is 5.69 Å². The molecule has 0 radical (unpaired) electrons. The molecule has 100 valence electrons. The van der Waals surface area contributed by atoms with Crippen LogP contribution in [0.3, 0.4) is 0 Å². The number of sulfonamides is 1. The Morgan fingerprint density at radius 2 is 1.94 bits per heavy atom. The zero-order chi connectivity index (χ0) is 13.9. The number of hydrogen-bond acceptors (Lipinski definition) is 4. The molecule has 1 aromatic carbocycles. The predicted octanol–water partition coefficient (Wildman–Crippen LogP) is 0.0570. The Labute approximate surface area is 106 Å². The van der Waals surface area contributed by atoms with Crippen LogP contribution in [0.25, 0.3) is 0 Å². The first-order valence-electron chi connectivity index (χ1n) is 5.41. The van der Waals surface area contributed by atoms with Crippen molar-refractivity contribution in [2.24, 2.45) is 11.7 Å². The Kier molecular flexibility index (Phi) is 4.31. The van der Waals surface area contributed by atoms with Gasteiger partial charge in [-0.25, -0.2) is 8.42 Å². The molecule has 5 N–H and O–H groups in total. The summed E-state index contributed by atoms with van der Waals surface area (Å²) in [4.78, 5) is 11.2. The fourth-order valence-corrected chi connectivity index (χ4v) is 2.85. The largest absolute Gasteiger partial charge is 0.399 e. The molecule has 1 rings (SSSR count). The normalized spacial score (nSPS) is 13.5. The summed E-state index contributed by atoms with van der Waals surface area (Å²) in [5.41, 5.74) is 11.0. The van der Waals surface area contributed by atoms with Gasteiger partial charge < -0.3 is 11.5 Å². The molecular formula is C11H17N3O3S. The minimum Gasteiger partial charge on any atom is -0.399 e. The lowest BCUT2D eigenvalue weighted by Crippen LogP contribution is -2.47. The van der Waals surface area contributed by atoms with E-state index in [2.05, 4.69) is 4.72 Å². The van der Waals surface area contributed by atoms with E-state index in [0.717, 1.165) is 0 Å². The van der Waals surface area contributed by atoms with Crippen LogP contribution in [0.1, 0.15) is 13.8 Å². The monoisotopic (exact) mass is 271 g/mol. The van der Waals surface area contributed by atoms with Gasteiger partial charge in [0.1, 0.15) is 6.04 Å². The lowest BCUT2D eigenvalue weighted by Gasteiger charge is -2.19. The second-order valence-corrected chi connectivity index (χ2v) is 6.03. The van der Waals surface area contributed by atoms with Crippen molar-refractivity contribution in [2.45, 2.75) is 24.8 Å². The van der Waals surface area contributed by atoms with Gasteiger partial charge in [0.25, 0.3) is 0 Å². The third-order valence-corrected chi connectivity index (χ3v) is 3.86. The summed E-state index contributed by atoms with van der Waals surface area (Å²) in [5.74, 6) is -0.948. The van der Waals surface area contributed by atoms with E-state index in [1.165, 1.54) is 18.2 Å². The number of primary amides is 1. The molecular weight excluding hydrogens is 254 g/mol. The minimum absolute atomic E-state index is 0.00870. The first-order chi connectivity index (χ1) is 8.24. The first-order valence-corrected chi connectivity index (χ1v) is 6.89. The number of hydrogen-bond donors (Lipinski definition) is 3. The van der Waals surface area contributed by atoms with Crippen LogP contribution in [0.2, 0.25) is 0 Å². The molecule has 0 bridgehead atoms. The van der Waals surface area contributed by atoms with Gasteiger partial charge >= 0.3 is 0 Å². The van der Waals surface area contributed by atoms with E-state index in [-0.39, 0.29) is 10.8 Å². The average molecular weight is 271 g/mol. The topological polar surface area (TPSA) is 115 Å². The molecule has 7 heteroatoms. The Morgan fingerprint density at radius 1 is 1.33 bits per heavy atom. The van der Waals surface area contributed by atoms with Gasteiger partial charge in [0, 0.05) is 5.69 Å². The average Bonchev–Trinajstić information content (AvgIpc) is 2.25. The van der Waals surface area contributed by atoms with E-state index in [1.807, 2.05) is 0 Å². The number of amides is 1. The zero-order valence-electron chi connectivity index (χ0n) is 10.3. The van der Waals surface area contributed by atoms with Crippen LogP contribution in [0.5, 0.6) is 0 Å². The molecule has 0 aromatic heterocycles. The number of anilines is 1. The quantitative estimate of drug-likeness (QED) is 0.656. The fourth-order valence-electron chi connectivity index (χ4n) is 1.44. The summed E-state index contributed by atoms with van der Waals surface area (Å²) >= 11 is 0. The van der Waals surface area contributed by atoms with E-state index in [9.17, 15) is 13.2 Å². The molecule has 1 unspecified atom stereocenters. The van der Waals surface area contributed by atoms with Crippen LogP contribution in [0.15, 0.2) is 29.2 Å². The second-order valence-electron chi connectivity index (χ2n) is 4.32. The van der Waals surface area contributed by atoms with Crippen LogP contribution in [-0.2, 0) is 14.8 Å². The third kappa shape index (κ3) is 3.44. The van der Waals surface area contributed by atoms with Crippen LogP contribution >= 0.6 is 0 Å². The number of nitrogen functional groups attached to an aromatic ring is 1. The summed E-state index contributed by atoms with van der Waals surface area (Å²) in [6.45, 7) is 3.41. The number of nitrogens with two attached hydrogens (primary N) is 2. The van der Waals surface area contributed by atoms with Gasteiger partial charge in [-0.05, 0) is 24.1 Å². The molecule has 0 spiro atoms. The predicted molar refractivity (Wildman–Crippen MR) is 69.0 cm³/mol. The van der Waals surface area contributed by atoms with Gasteiger partial charge in [-0.1, -0.05) is 19.9 Å². The van der Waals surface area contributed by atoms with Crippen molar-refractivity contribution in [1.29, 1.82) is 0 Å². The number of benzene rings is 1. The van der Waals surface area contributed by atoms with E-state index in [1.54, 1.807) is 19.9 Å². The van der Waals surface area contributed by atoms with Gasteiger partial charge in [-0.15, -0.1) is 0 Å². The molecule has 0 saturated carbocycles. The van der Waals surface area contributed by atoms with E-state index >= 15 is 0 Å². The molecule has 18 heavy (non-hydrogen) atoms. The summed E-state index contributed by atoms with van der Waals surface area (Å²) in [7, 11) is -3.80. The van der Waals surface area contributed by atoms with Gasteiger partial charge in [0.2, 0.25) is 15.9 Å². The lowest BCUT2D eigenvalue weighted by atomic mass is 10.1. The van der Waals surface area contributed by atoms with E-state index in [4.69, 9.17) is 11.5 Å². The molecule has 0 saturated heterocycles. The van der Waals surface area contributed by atoms with E-state index in [0.29, 0.717) is 5.69 Å². The van der Waals surface area contributed by atoms with E-state index < -0.39 is 22.0 Å². The van der Waals surface area contributed by atoms with Crippen molar-refractivity contribution in [1.82, 2.24) is 4.72 Å². The fraction of sp³-hybridized carbons (Fsp3) is 0.364. The molecule has 6 nitrogen and oxygen atoms in total. The number of carbonyl (C=O) groups is 1. The van der Waals surface area contributed by atoms with Crippen molar-refractivity contribution < 1.29 is 13.2 Å². The SMILES string of the molecule is CC(C)C(NS(=O)(=O)c1cccc(N)c1)C(N)=O. The maximum absolute atomic E-state index is 12.0. The Bertz CT molecular complexity index is 540. The van der Waals surface area contributed by atoms with Crippen molar-refractivity contribution in [2.75, 3.05) is 5.73 Å². The summed E-state index contributed by atoms with van der Waals surface area (Å²) in [6, 6.07) is 4.88. The highest BCUT2D eigenvalue weighted by Gasteiger charge is 2.26. The summed E-state index contributed by atoms with van der Waals surface area (Å²) < 4.78 is 26.3. The molecule has 0 heterocycles. The Hall–Kier alpha value is -1.60. The molecule has 0 fully saturated rings. The van der Waals surface area contributed by atoms with Crippen molar-refractivity contribution in [3.63, 3.8) is 0 Å². The molecule has 0 aliphatic rings. The van der Waals surface area contributed by atoms with Crippen LogP contribution in [-0.4, -0.2) is 20.4 Å². The van der Waals surface area contributed by atoms with Crippen molar-refractivity contribution in [3.8, 4) is 0 Å². The Morgan fingerprint density at radius 3 is 2.39 bits per heavy atom. The van der Waals surface area contributed by atoms with Crippen molar-refractivity contribution >= 4 is 21.6 Å². The van der Waals surface area contributed by atoms with Crippen LogP contribution < -0.4 is 16.2 Å². The Balaban J connectivity index is 3.05. The van der Waals surface area contributed by atoms with Gasteiger partial charge in [0.15, 0.2) is 0 Å². The minimum atomic E-state index is -3.80.